The number of benzene rings is 1. The Labute approximate surface area is 112 Å². The van der Waals surface area contributed by atoms with Crippen molar-refractivity contribution in [3.8, 4) is 0 Å². The molecule has 5 heteroatoms. The highest BCUT2D eigenvalue weighted by Crippen LogP contribution is 2.18. The molecule has 0 saturated carbocycles. The average molecular weight is 265 g/mol. The molecule has 1 aromatic carbocycles. The predicted octanol–water partition coefficient (Wildman–Crippen LogP) is 2.65. The third-order valence-corrected chi connectivity index (χ3v) is 2.41. The Morgan fingerprint density at radius 3 is 2.32 bits per heavy atom. The SMILES string of the molecule is Cc1ccccc1[C@@H](NC(=O)OC(C)(C)C)C(=O)O. The number of amides is 1. The first-order chi connectivity index (χ1) is 8.70. The van der Waals surface area contributed by atoms with Gasteiger partial charge in [-0.3, -0.25) is 0 Å². The zero-order valence-corrected chi connectivity index (χ0v) is 11.6. The molecule has 0 bridgehead atoms. The first kappa shape index (κ1) is 15.0. The Hall–Kier alpha value is -2.04. The van der Waals surface area contributed by atoms with Gasteiger partial charge in [0.25, 0.3) is 0 Å². The van der Waals surface area contributed by atoms with Gasteiger partial charge in [-0.25, -0.2) is 9.59 Å². The van der Waals surface area contributed by atoms with E-state index in [2.05, 4.69) is 5.32 Å². The molecule has 0 heterocycles. The molecule has 1 atom stereocenters. The number of aliphatic carboxylic acids is 1. The lowest BCUT2D eigenvalue weighted by molar-refractivity contribution is -0.139. The van der Waals surface area contributed by atoms with Crippen molar-refractivity contribution in [1.82, 2.24) is 5.32 Å². The topological polar surface area (TPSA) is 75.6 Å². The van der Waals surface area contributed by atoms with Crippen LogP contribution >= 0.6 is 0 Å². The monoisotopic (exact) mass is 265 g/mol. The summed E-state index contributed by atoms with van der Waals surface area (Å²) in [6, 6.07) is 5.89. The van der Waals surface area contributed by atoms with E-state index < -0.39 is 23.7 Å². The smallest absolute Gasteiger partial charge is 0.408 e. The Morgan fingerprint density at radius 1 is 1.26 bits per heavy atom. The first-order valence-corrected chi connectivity index (χ1v) is 5.98. The lowest BCUT2D eigenvalue weighted by atomic mass is 10.0. The molecule has 0 fully saturated rings. The molecule has 0 aliphatic rings. The van der Waals surface area contributed by atoms with Gasteiger partial charge in [-0.15, -0.1) is 0 Å². The molecule has 0 spiro atoms. The molecule has 1 amide bonds. The van der Waals surface area contributed by atoms with Crippen molar-refractivity contribution in [3.05, 3.63) is 35.4 Å². The van der Waals surface area contributed by atoms with E-state index in [0.29, 0.717) is 5.56 Å². The maximum atomic E-state index is 11.7. The molecular formula is C14H19NO4. The molecule has 2 N–H and O–H groups in total. The maximum Gasteiger partial charge on any atom is 0.408 e. The van der Waals surface area contributed by atoms with E-state index in [0.717, 1.165) is 5.56 Å². The van der Waals surface area contributed by atoms with Gasteiger partial charge >= 0.3 is 12.1 Å². The first-order valence-electron chi connectivity index (χ1n) is 5.98. The highest BCUT2D eigenvalue weighted by Gasteiger charge is 2.26. The van der Waals surface area contributed by atoms with E-state index in [1.807, 2.05) is 6.07 Å². The van der Waals surface area contributed by atoms with Gasteiger partial charge < -0.3 is 15.2 Å². The molecule has 19 heavy (non-hydrogen) atoms. The van der Waals surface area contributed by atoms with Crippen molar-refractivity contribution >= 4 is 12.1 Å². The molecule has 104 valence electrons. The summed E-state index contributed by atoms with van der Waals surface area (Å²) in [5.74, 6) is -1.12. The molecule has 0 aliphatic heterocycles. The Morgan fingerprint density at radius 2 is 1.84 bits per heavy atom. The Balaban J connectivity index is 2.89. The van der Waals surface area contributed by atoms with Gasteiger partial charge in [0.1, 0.15) is 5.60 Å². The number of nitrogens with one attached hydrogen (secondary N) is 1. The zero-order chi connectivity index (χ0) is 14.6. The third-order valence-electron chi connectivity index (χ3n) is 2.41. The number of ether oxygens (including phenoxy) is 1. The fourth-order valence-corrected chi connectivity index (χ4v) is 1.61. The molecule has 0 aliphatic carbocycles. The Kier molecular flexibility index (Phi) is 4.53. The zero-order valence-electron chi connectivity index (χ0n) is 11.6. The van der Waals surface area contributed by atoms with Crippen molar-refractivity contribution in [2.45, 2.75) is 39.3 Å². The number of alkyl carbamates (subject to hydrolysis) is 1. The number of rotatable bonds is 3. The van der Waals surface area contributed by atoms with Crippen molar-refractivity contribution in [3.63, 3.8) is 0 Å². The summed E-state index contributed by atoms with van der Waals surface area (Å²) in [6.07, 6.45) is -0.747. The highest BCUT2D eigenvalue weighted by atomic mass is 16.6. The van der Waals surface area contributed by atoms with Gasteiger partial charge in [0, 0.05) is 0 Å². The van der Waals surface area contributed by atoms with Gasteiger partial charge in [0.15, 0.2) is 6.04 Å². The van der Waals surface area contributed by atoms with E-state index in [-0.39, 0.29) is 0 Å². The lowest BCUT2D eigenvalue weighted by Crippen LogP contribution is -2.38. The van der Waals surface area contributed by atoms with Gasteiger partial charge in [0.2, 0.25) is 0 Å². The molecule has 0 aromatic heterocycles. The Bertz CT molecular complexity index is 477. The predicted molar refractivity (Wildman–Crippen MR) is 70.9 cm³/mol. The summed E-state index contributed by atoms with van der Waals surface area (Å²) in [4.78, 5) is 22.9. The van der Waals surface area contributed by atoms with E-state index in [1.54, 1.807) is 45.9 Å². The number of hydrogen-bond acceptors (Lipinski definition) is 3. The second-order valence-electron chi connectivity index (χ2n) is 5.27. The third kappa shape index (κ3) is 4.62. The summed E-state index contributed by atoms with van der Waals surface area (Å²) >= 11 is 0. The van der Waals surface area contributed by atoms with Crippen LogP contribution in [0.1, 0.15) is 37.9 Å². The largest absolute Gasteiger partial charge is 0.479 e. The molecule has 1 aromatic rings. The van der Waals surface area contributed by atoms with Crippen molar-refractivity contribution < 1.29 is 19.4 Å². The van der Waals surface area contributed by atoms with Gasteiger partial charge in [-0.2, -0.15) is 0 Å². The van der Waals surface area contributed by atoms with Gasteiger partial charge in [-0.1, -0.05) is 24.3 Å². The van der Waals surface area contributed by atoms with Crippen LogP contribution in [0.4, 0.5) is 4.79 Å². The van der Waals surface area contributed by atoms with E-state index in [1.165, 1.54) is 0 Å². The van der Waals surface area contributed by atoms with Crippen LogP contribution in [0.25, 0.3) is 0 Å². The number of aryl methyl sites for hydroxylation is 1. The van der Waals surface area contributed by atoms with Crippen molar-refractivity contribution in [1.29, 1.82) is 0 Å². The van der Waals surface area contributed by atoms with E-state index >= 15 is 0 Å². The molecule has 0 saturated heterocycles. The summed E-state index contributed by atoms with van der Waals surface area (Å²) in [7, 11) is 0. The minimum Gasteiger partial charge on any atom is -0.479 e. The molecule has 0 unspecified atom stereocenters. The number of carboxylic acids is 1. The molecule has 1 rings (SSSR count). The van der Waals surface area contributed by atoms with Crippen LogP contribution in [0.15, 0.2) is 24.3 Å². The molecule has 0 radical (unpaired) electrons. The van der Waals surface area contributed by atoms with E-state index in [4.69, 9.17) is 4.74 Å². The summed E-state index contributed by atoms with van der Waals surface area (Å²) in [5, 5.41) is 11.6. The van der Waals surface area contributed by atoms with Gasteiger partial charge in [-0.05, 0) is 38.8 Å². The molecular weight excluding hydrogens is 246 g/mol. The number of carbonyl (C=O) groups excluding carboxylic acids is 1. The lowest BCUT2D eigenvalue weighted by Gasteiger charge is -2.22. The second-order valence-corrected chi connectivity index (χ2v) is 5.27. The van der Waals surface area contributed by atoms with Crippen molar-refractivity contribution in [2.24, 2.45) is 0 Å². The van der Waals surface area contributed by atoms with Crippen LogP contribution in [0.3, 0.4) is 0 Å². The van der Waals surface area contributed by atoms with Crippen molar-refractivity contribution in [2.75, 3.05) is 0 Å². The minimum atomic E-state index is -1.12. The highest BCUT2D eigenvalue weighted by molar-refractivity contribution is 5.81. The summed E-state index contributed by atoms with van der Waals surface area (Å²) in [5.41, 5.74) is 0.672. The summed E-state index contributed by atoms with van der Waals surface area (Å²) < 4.78 is 5.07. The summed E-state index contributed by atoms with van der Waals surface area (Å²) in [6.45, 7) is 6.95. The van der Waals surface area contributed by atoms with Crippen LogP contribution in [0, 0.1) is 6.92 Å². The van der Waals surface area contributed by atoms with Crippen LogP contribution < -0.4 is 5.32 Å². The van der Waals surface area contributed by atoms with Crippen LogP contribution in [0.2, 0.25) is 0 Å². The maximum absolute atomic E-state index is 11.7. The van der Waals surface area contributed by atoms with Gasteiger partial charge in [0.05, 0.1) is 0 Å². The standard InChI is InChI=1S/C14H19NO4/c1-9-7-5-6-8-10(9)11(12(16)17)15-13(18)19-14(2,3)4/h5-8,11H,1-4H3,(H,15,18)(H,16,17)/t11-/m1/s1. The number of carboxylic acid groups (broad SMARTS) is 1. The average Bonchev–Trinajstić information content (AvgIpc) is 2.24. The number of carbonyl (C=O) groups is 2. The minimum absolute atomic E-state index is 0.542. The number of hydrogen-bond donors (Lipinski definition) is 2. The van der Waals surface area contributed by atoms with Crippen LogP contribution in [-0.2, 0) is 9.53 Å². The fourth-order valence-electron chi connectivity index (χ4n) is 1.61. The second kappa shape index (κ2) is 5.73. The van der Waals surface area contributed by atoms with Crippen LogP contribution in [-0.4, -0.2) is 22.8 Å². The van der Waals surface area contributed by atoms with E-state index in [9.17, 15) is 14.7 Å². The van der Waals surface area contributed by atoms with Crippen LogP contribution in [0.5, 0.6) is 0 Å². The quantitative estimate of drug-likeness (QED) is 0.881. The molecule has 5 nitrogen and oxygen atoms in total. The fraction of sp³-hybridized carbons (Fsp3) is 0.429. The normalized spacial score (nSPS) is 12.6.